The highest BCUT2D eigenvalue weighted by molar-refractivity contribution is 5.79. The van der Waals surface area contributed by atoms with E-state index in [1.54, 1.807) is 6.92 Å². The molecule has 0 saturated carbocycles. The first-order valence-corrected chi connectivity index (χ1v) is 11.7. The van der Waals surface area contributed by atoms with Gasteiger partial charge >= 0.3 is 0 Å². The number of hydrogen-bond acceptors (Lipinski definition) is 5. The minimum atomic E-state index is -0.293. The first-order chi connectivity index (χ1) is 14.9. The summed E-state index contributed by atoms with van der Waals surface area (Å²) in [7, 11) is 0. The molecule has 4 fully saturated rings. The van der Waals surface area contributed by atoms with Gasteiger partial charge in [-0.15, -0.1) is 0 Å². The Morgan fingerprint density at radius 3 is 2.39 bits per heavy atom. The molecule has 4 heterocycles. The van der Waals surface area contributed by atoms with Crippen LogP contribution in [0.1, 0.15) is 31.7 Å². The quantitative estimate of drug-likeness (QED) is 0.766. The molecule has 1 N–H and O–H groups in total. The molecule has 31 heavy (non-hydrogen) atoms. The normalized spacial score (nSPS) is 29.1. The Kier molecular flexibility index (Phi) is 5.52. The number of likely N-dealkylation sites (tertiary alicyclic amines) is 2. The molecule has 2 atom stereocenters. The largest absolute Gasteiger partial charge is 0.392 e. The highest BCUT2D eigenvalue weighted by Gasteiger charge is 2.57. The molecule has 4 aliphatic rings. The van der Waals surface area contributed by atoms with E-state index in [1.807, 2.05) is 35.2 Å². The molecule has 1 spiro atoms. The minimum Gasteiger partial charge on any atom is -0.392 e. The molecule has 0 radical (unpaired) electrons. The summed E-state index contributed by atoms with van der Waals surface area (Å²) in [5.74, 6) is 0.368. The molecule has 1 aromatic carbocycles. The fourth-order valence-corrected chi connectivity index (χ4v) is 6.28. The molecule has 7 nitrogen and oxygen atoms in total. The first kappa shape index (κ1) is 20.9. The third-order valence-corrected chi connectivity index (χ3v) is 7.89. The van der Waals surface area contributed by atoms with Gasteiger partial charge in [0.1, 0.15) is 0 Å². The van der Waals surface area contributed by atoms with Crippen molar-refractivity contribution in [3.63, 3.8) is 0 Å². The van der Waals surface area contributed by atoms with Crippen molar-refractivity contribution in [2.45, 2.75) is 56.3 Å². The Labute approximate surface area is 184 Å². The molecule has 4 aliphatic heterocycles. The smallest absolute Gasteiger partial charge is 0.227 e. The van der Waals surface area contributed by atoms with Crippen LogP contribution in [0.3, 0.4) is 0 Å². The number of piperazine rings is 1. The zero-order valence-corrected chi connectivity index (χ0v) is 18.4. The summed E-state index contributed by atoms with van der Waals surface area (Å²) in [6.45, 7) is 7.45. The molecular formula is C24H34N4O3. The van der Waals surface area contributed by atoms with Gasteiger partial charge < -0.3 is 14.9 Å². The second kappa shape index (κ2) is 8.19. The average Bonchev–Trinajstić information content (AvgIpc) is 3.12. The van der Waals surface area contributed by atoms with Crippen molar-refractivity contribution in [2.24, 2.45) is 0 Å². The van der Waals surface area contributed by atoms with E-state index >= 15 is 0 Å². The number of piperidine rings is 1. The molecular weight excluding hydrogens is 392 g/mol. The van der Waals surface area contributed by atoms with Gasteiger partial charge in [-0.25, -0.2) is 0 Å². The number of hydrogen-bond donors (Lipinski definition) is 1. The molecule has 1 aromatic rings. The van der Waals surface area contributed by atoms with Crippen LogP contribution in [0.2, 0.25) is 0 Å². The number of carbonyl (C=O) groups excluding carboxylic acids is 2. The molecule has 7 heteroatoms. The van der Waals surface area contributed by atoms with Crippen molar-refractivity contribution in [3.05, 3.63) is 35.9 Å². The molecule has 4 saturated heterocycles. The number of nitrogens with zero attached hydrogens (tertiary/aromatic N) is 4. The monoisotopic (exact) mass is 426 g/mol. The molecule has 0 aliphatic carbocycles. The van der Waals surface area contributed by atoms with Crippen LogP contribution in [0.4, 0.5) is 0 Å². The van der Waals surface area contributed by atoms with Crippen LogP contribution in [0, 0.1) is 0 Å². The molecule has 2 amide bonds. The predicted octanol–water partition coefficient (Wildman–Crippen LogP) is 0.572. The first-order valence-electron chi connectivity index (χ1n) is 11.7. The minimum absolute atomic E-state index is 0.0372. The zero-order chi connectivity index (χ0) is 21.6. The van der Waals surface area contributed by atoms with Gasteiger partial charge in [0.15, 0.2) is 0 Å². The summed E-state index contributed by atoms with van der Waals surface area (Å²) in [5.41, 5.74) is 1.02. The number of aliphatic hydroxyl groups is 1. The summed E-state index contributed by atoms with van der Waals surface area (Å²) in [6, 6.07) is 10.7. The van der Waals surface area contributed by atoms with Gasteiger partial charge in [-0.3, -0.25) is 19.4 Å². The van der Waals surface area contributed by atoms with Crippen molar-refractivity contribution in [1.29, 1.82) is 0 Å². The second-order valence-corrected chi connectivity index (χ2v) is 10.00. The lowest BCUT2D eigenvalue weighted by Crippen LogP contribution is -2.79. The Bertz CT molecular complexity index is 817. The summed E-state index contributed by atoms with van der Waals surface area (Å²) in [6.07, 6.45) is 2.96. The van der Waals surface area contributed by atoms with Crippen LogP contribution in [0.25, 0.3) is 0 Å². The highest BCUT2D eigenvalue weighted by atomic mass is 16.3. The number of aliphatic hydroxyl groups excluding tert-OH is 1. The van der Waals surface area contributed by atoms with E-state index in [0.29, 0.717) is 12.5 Å². The maximum Gasteiger partial charge on any atom is 0.227 e. The Hall–Kier alpha value is -1.96. The summed E-state index contributed by atoms with van der Waals surface area (Å²) in [5, 5.41) is 10.4. The zero-order valence-electron chi connectivity index (χ0n) is 18.4. The molecule has 168 valence electrons. The molecule has 0 aromatic heterocycles. The van der Waals surface area contributed by atoms with E-state index in [9.17, 15) is 14.7 Å². The number of amides is 2. The van der Waals surface area contributed by atoms with Gasteiger partial charge in [0.2, 0.25) is 11.8 Å². The van der Waals surface area contributed by atoms with Crippen molar-refractivity contribution < 1.29 is 14.7 Å². The summed E-state index contributed by atoms with van der Waals surface area (Å²) < 4.78 is 0. The van der Waals surface area contributed by atoms with Gasteiger partial charge in [0, 0.05) is 64.8 Å². The standard InChI is InChI=1S/C24H34N4O3/c1-18(29)25-9-7-20(8-10-25)27-16-24(17-27)15-26(13-21-12-22(30)14-28(21)24)23(31)11-19-5-3-2-4-6-19/h2-6,20-22,30H,7-17H2,1H3. The van der Waals surface area contributed by atoms with Gasteiger partial charge in [-0.1, -0.05) is 30.3 Å². The number of β-amino-alcohol motifs (C(OH)–C–C–N with tert-alkyl or cyclic N) is 1. The van der Waals surface area contributed by atoms with E-state index in [1.165, 1.54) is 0 Å². The van der Waals surface area contributed by atoms with E-state index in [0.717, 1.165) is 70.6 Å². The summed E-state index contributed by atoms with van der Waals surface area (Å²) >= 11 is 0. The van der Waals surface area contributed by atoms with Crippen LogP contribution in [-0.2, 0) is 16.0 Å². The maximum absolute atomic E-state index is 13.1. The SMILES string of the molecule is CC(=O)N1CCC(N2CC3(CN(C(=O)Cc4ccccc4)CC4CC(O)CN43)C2)CC1. The van der Waals surface area contributed by atoms with Crippen LogP contribution in [0.15, 0.2) is 30.3 Å². The second-order valence-electron chi connectivity index (χ2n) is 10.00. The number of rotatable bonds is 3. The lowest BCUT2D eigenvalue weighted by molar-refractivity contribution is -0.155. The molecule has 2 unspecified atom stereocenters. The van der Waals surface area contributed by atoms with E-state index in [4.69, 9.17) is 0 Å². The van der Waals surface area contributed by atoms with Crippen molar-refractivity contribution in [3.8, 4) is 0 Å². The topological polar surface area (TPSA) is 67.3 Å². The fourth-order valence-electron chi connectivity index (χ4n) is 6.28. The molecule has 5 rings (SSSR count). The maximum atomic E-state index is 13.1. The van der Waals surface area contributed by atoms with Gasteiger partial charge in [0.05, 0.1) is 18.1 Å². The molecule has 0 bridgehead atoms. The van der Waals surface area contributed by atoms with E-state index < -0.39 is 0 Å². The predicted molar refractivity (Wildman–Crippen MR) is 117 cm³/mol. The van der Waals surface area contributed by atoms with Crippen molar-refractivity contribution in [1.82, 2.24) is 19.6 Å². The van der Waals surface area contributed by atoms with Crippen LogP contribution >= 0.6 is 0 Å². The lowest BCUT2D eigenvalue weighted by Gasteiger charge is -2.63. The fraction of sp³-hybridized carbons (Fsp3) is 0.667. The van der Waals surface area contributed by atoms with Gasteiger partial charge in [-0.2, -0.15) is 0 Å². The Morgan fingerprint density at radius 1 is 1.00 bits per heavy atom. The van der Waals surface area contributed by atoms with Crippen LogP contribution < -0.4 is 0 Å². The number of carbonyl (C=O) groups is 2. The number of benzene rings is 1. The number of fused-ring (bicyclic) bond motifs is 2. The third kappa shape index (κ3) is 3.99. The van der Waals surface area contributed by atoms with E-state index in [2.05, 4.69) is 14.7 Å². The lowest BCUT2D eigenvalue weighted by atomic mass is 9.81. The average molecular weight is 427 g/mol. The van der Waals surface area contributed by atoms with Crippen LogP contribution in [0.5, 0.6) is 0 Å². The Morgan fingerprint density at radius 2 is 1.71 bits per heavy atom. The van der Waals surface area contributed by atoms with Crippen molar-refractivity contribution in [2.75, 3.05) is 45.8 Å². The van der Waals surface area contributed by atoms with Gasteiger partial charge in [-0.05, 0) is 24.8 Å². The Balaban J connectivity index is 1.25. The van der Waals surface area contributed by atoms with Crippen LogP contribution in [-0.4, -0.2) is 106 Å². The third-order valence-electron chi connectivity index (χ3n) is 7.89. The van der Waals surface area contributed by atoms with Crippen molar-refractivity contribution >= 4 is 11.8 Å². The summed E-state index contributed by atoms with van der Waals surface area (Å²) in [4.78, 5) is 33.8. The van der Waals surface area contributed by atoms with Gasteiger partial charge in [0.25, 0.3) is 0 Å². The highest BCUT2D eigenvalue weighted by Crippen LogP contribution is 2.41. The van der Waals surface area contributed by atoms with E-state index in [-0.39, 0.29) is 29.5 Å².